The van der Waals surface area contributed by atoms with E-state index in [4.69, 9.17) is 9.47 Å². The minimum Gasteiger partial charge on any atom is -0.478 e. The maximum atomic E-state index is 11.8. The average Bonchev–Trinajstić information content (AvgIpc) is 3.12. The molecule has 0 saturated carbocycles. The summed E-state index contributed by atoms with van der Waals surface area (Å²) in [5, 5.41) is 9.66. The van der Waals surface area contributed by atoms with Crippen molar-refractivity contribution in [2.24, 2.45) is 0 Å². The lowest BCUT2D eigenvalue weighted by atomic mass is 10.00. The molecule has 3 aromatic rings. The van der Waals surface area contributed by atoms with Gasteiger partial charge in [-0.2, -0.15) is 0 Å². The Morgan fingerprint density at radius 3 is 2.63 bits per heavy atom. The quantitative estimate of drug-likeness (QED) is 0.752. The standard InChI is InChI=1S/C21H20N2O4/c24-21(25)18-9-5-4-8-17(18)20-19(15-6-2-1-3-7-15)22-14-23(20)12-16-13-26-10-11-27-16/h1-9,14,16H,10-13H2,(H,24,25). The number of carbonyl (C=O) groups is 1. The Kier molecular flexibility index (Phi) is 5.00. The first-order chi connectivity index (χ1) is 13.2. The molecule has 1 aliphatic heterocycles. The molecule has 1 aliphatic rings. The van der Waals surface area contributed by atoms with Crippen LogP contribution in [0.25, 0.3) is 22.5 Å². The molecule has 1 saturated heterocycles. The van der Waals surface area contributed by atoms with E-state index < -0.39 is 5.97 Å². The smallest absolute Gasteiger partial charge is 0.336 e. The van der Waals surface area contributed by atoms with Crippen molar-refractivity contribution in [3.05, 3.63) is 66.5 Å². The molecule has 6 nitrogen and oxygen atoms in total. The molecule has 2 aromatic carbocycles. The molecule has 1 fully saturated rings. The average molecular weight is 364 g/mol. The second kappa shape index (κ2) is 7.73. The van der Waals surface area contributed by atoms with Crippen LogP contribution in [0.15, 0.2) is 60.9 Å². The third-order valence-electron chi connectivity index (χ3n) is 4.58. The first kappa shape index (κ1) is 17.5. The Bertz CT molecular complexity index is 930. The number of nitrogens with zero attached hydrogens (tertiary/aromatic N) is 2. The summed E-state index contributed by atoms with van der Waals surface area (Å²) in [5.41, 5.74) is 3.34. The van der Waals surface area contributed by atoms with E-state index >= 15 is 0 Å². The zero-order chi connectivity index (χ0) is 18.6. The second-order valence-corrected chi connectivity index (χ2v) is 6.38. The van der Waals surface area contributed by atoms with Crippen molar-refractivity contribution in [1.82, 2.24) is 9.55 Å². The normalized spacial score (nSPS) is 17.0. The van der Waals surface area contributed by atoms with Gasteiger partial charge in [-0.1, -0.05) is 48.5 Å². The van der Waals surface area contributed by atoms with Crippen LogP contribution >= 0.6 is 0 Å². The van der Waals surface area contributed by atoms with Crippen LogP contribution in [0.2, 0.25) is 0 Å². The summed E-state index contributed by atoms with van der Waals surface area (Å²) in [7, 11) is 0. The molecule has 0 amide bonds. The lowest BCUT2D eigenvalue weighted by Crippen LogP contribution is -2.32. The predicted octanol–water partition coefficient (Wildman–Crippen LogP) is 3.33. The van der Waals surface area contributed by atoms with E-state index in [-0.39, 0.29) is 11.7 Å². The Balaban J connectivity index is 1.84. The van der Waals surface area contributed by atoms with Gasteiger partial charge < -0.3 is 19.1 Å². The molecular formula is C21H20N2O4. The topological polar surface area (TPSA) is 73.6 Å². The fourth-order valence-electron chi connectivity index (χ4n) is 3.35. The molecule has 6 heteroatoms. The van der Waals surface area contributed by atoms with E-state index in [0.717, 1.165) is 17.0 Å². The summed E-state index contributed by atoms with van der Waals surface area (Å²) < 4.78 is 13.2. The van der Waals surface area contributed by atoms with E-state index in [1.54, 1.807) is 18.5 Å². The van der Waals surface area contributed by atoms with Gasteiger partial charge in [0.25, 0.3) is 0 Å². The summed E-state index contributed by atoms with van der Waals surface area (Å²) in [6, 6.07) is 16.8. The van der Waals surface area contributed by atoms with Crippen molar-refractivity contribution in [2.75, 3.05) is 19.8 Å². The van der Waals surface area contributed by atoms with Crippen molar-refractivity contribution in [3.63, 3.8) is 0 Å². The SMILES string of the molecule is O=C(O)c1ccccc1-c1c(-c2ccccc2)ncn1CC1COCCO1. The molecule has 138 valence electrons. The fraction of sp³-hybridized carbons (Fsp3) is 0.238. The summed E-state index contributed by atoms with van der Waals surface area (Å²) >= 11 is 0. The van der Waals surface area contributed by atoms with Crippen LogP contribution in [0.1, 0.15) is 10.4 Å². The minimum absolute atomic E-state index is 0.0905. The van der Waals surface area contributed by atoms with Crippen molar-refractivity contribution < 1.29 is 19.4 Å². The number of ether oxygens (including phenoxy) is 2. The van der Waals surface area contributed by atoms with Gasteiger partial charge >= 0.3 is 5.97 Å². The van der Waals surface area contributed by atoms with E-state index in [9.17, 15) is 9.90 Å². The molecule has 1 unspecified atom stereocenters. The molecular weight excluding hydrogens is 344 g/mol. The van der Waals surface area contributed by atoms with Crippen molar-refractivity contribution in [3.8, 4) is 22.5 Å². The zero-order valence-corrected chi connectivity index (χ0v) is 14.7. The number of imidazole rings is 1. The summed E-state index contributed by atoms with van der Waals surface area (Å²) in [6.45, 7) is 2.22. The highest BCUT2D eigenvalue weighted by Crippen LogP contribution is 2.33. The lowest BCUT2D eigenvalue weighted by molar-refractivity contribution is -0.0934. The van der Waals surface area contributed by atoms with Crippen LogP contribution in [-0.2, 0) is 16.0 Å². The van der Waals surface area contributed by atoms with E-state index in [1.165, 1.54) is 0 Å². The summed E-state index contributed by atoms with van der Waals surface area (Å²) in [4.78, 5) is 16.4. The molecule has 1 atom stereocenters. The second-order valence-electron chi connectivity index (χ2n) is 6.38. The lowest BCUT2D eigenvalue weighted by Gasteiger charge is -2.24. The summed E-state index contributed by atoms with van der Waals surface area (Å²) in [5.74, 6) is -0.963. The zero-order valence-electron chi connectivity index (χ0n) is 14.7. The highest BCUT2D eigenvalue weighted by molar-refractivity contribution is 5.97. The van der Waals surface area contributed by atoms with Crippen LogP contribution in [0, 0.1) is 0 Å². The van der Waals surface area contributed by atoms with Crippen molar-refractivity contribution in [2.45, 2.75) is 12.6 Å². The van der Waals surface area contributed by atoms with E-state index in [0.29, 0.717) is 31.9 Å². The molecule has 0 bridgehead atoms. The number of benzene rings is 2. The third kappa shape index (κ3) is 3.63. The molecule has 1 aromatic heterocycles. The first-order valence-corrected chi connectivity index (χ1v) is 8.86. The number of rotatable bonds is 5. The van der Waals surface area contributed by atoms with Crippen LogP contribution in [0.3, 0.4) is 0 Å². The Labute approximate surface area is 157 Å². The fourth-order valence-corrected chi connectivity index (χ4v) is 3.35. The van der Waals surface area contributed by atoms with Gasteiger partial charge in [0, 0.05) is 11.1 Å². The number of hydrogen-bond donors (Lipinski definition) is 1. The van der Waals surface area contributed by atoms with Gasteiger partial charge in [0.15, 0.2) is 0 Å². The van der Waals surface area contributed by atoms with Crippen molar-refractivity contribution in [1.29, 1.82) is 0 Å². The van der Waals surface area contributed by atoms with Gasteiger partial charge in [-0.15, -0.1) is 0 Å². The Morgan fingerprint density at radius 1 is 1.11 bits per heavy atom. The van der Waals surface area contributed by atoms with Crippen LogP contribution in [-0.4, -0.2) is 46.6 Å². The molecule has 2 heterocycles. The minimum atomic E-state index is -0.963. The molecule has 0 spiro atoms. The van der Waals surface area contributed by atoms with Crippen LogP contribution in [0.4, 0.5) is 0 Å². The van der Waals surface area contributed by atoms with Crippen LogP contribution in [0.5, 0.6) is 0 Å². The highest BCUT2D eigenvalue weighted by atomic mass is 16.6. The van der Waals surface area contributed by atoms with Gasteiger partial charge in [-0.05, 0) is 6.07 Å². The monoisotopic (exact) mass is 364 g/mol. The van der Waals surface area contributed by atoms with Gasteiger partial charge in [0.1, 0.15) is 0 Å². The van der Waals surface area contributed by atoms with Gasteiger partial charge in [-0.25, -0.2) is 9.78 Å². The van der Waals surface area contributed by atoms with Gasteiger partial charge in [-0.3, -0.25) is 0 Å². The Hall–Kier alpha value is -2.96. The van der Waals surface area contributed by atoms with Gasteiger partial charge in [0.05, 0.1) is 55.7 Å². The number of carboxylic acid groups (broad SMARTS) is 1. The maximum absolute atomic E-state index is 11.8. The van der Waals surface area contributed by atoms with Gasteiger partial charge in [0.2, 0.25) is 0 Å². The molecule has 4 rings (SSSR count). The molecule has 1 N–H and O–H groups in total. The summed E-state index contributed by atoms with van der Waals surface area (Å²) in [6.07, 6.45) is 1.65. The highest BCUT2D eigenvalue weighted by Gasteiger charge is 2.23. The number of aromatic carboxylic acids is 1. The Morgan fingerprint density at radius 2 is 1.89 bits per heavy atom. The van der Waals surface area contributed by atoms with Crippen molar-refractivity contribution >= 4 is 5.97 Å². The molecule has 0 radical (unpaired) electrons. The van der Waals surface area contributed by atoms with E-state index in [2.05, 4.69) is 4.98 Å². The largest absolute Gasteiger partial charge is 0.478 e. The molecule has 0 aliphatic carbocycles. The number of carboxylic acids is 1. The predicted molar refractivity (Wildman–Crippen MR) is 101 cm³/mol. The number of aromatic nitrogens is 2. The first-order valence-electron chi connectivity index (χ1n) is 8.86. The number of hydrogen-bond acceptors (Lipinski definition) is 4. The maximum Gasteiger partial charge on any atom is 0.336 e. The molecule has 27 heavy (non-hydrogen) atoms. The third-order valence-corrected chi connectivity index (χ3v) is 4.58. The van der Waals surface area contributed by atoms with E-state index in [1.807, 2.05) is 47.0 Å². The van der Waals surface area contributed by atoms with Crippen LogP contribution < -0.4 is 0 Å².